The lowest BCUT2D eigenvalue weighted by Crippen LogP contribution is -2.44. The Kier molecular flexibility index (Phi) is 4.49. The van der Waals surface area contributed by atoms with E-state index >= 15 is 0 Å². The Bertz CT molecular complexity index is 346. The first kappa shape index (κ1) is 12.7. The van der Waals surface area contributed by atoms with Gasteiger partial charge in [-0.3, -0.25) is 9.48 Å². The van der Waals surface area contributed by atoms with Crippen LogP contribution >= 0.6 is 0 Å². The summed E-state index contributed by atoms with van der Waals surface area (Å²) in [6.45, 7) is 4.45. The van der Waals surface area contributed by atoms with Crippen LogP contribution in [0.25, 0.3) is 0 Å². The van der Waals surface area contributed by atoms with Gasteiger partial charge in [0.2, 0.25) is 5.91 Å². The zero-order valence-corrected chi connectivity index (χ0v) is 10.1. The van der Waals surface area contributed by atoms with E-state index in [9.17, 15) is 4.79 Å². The molecule has 0 aromatic carbocycles. The first-order valence-corrected chi connectivity index (χ1v) is 5.52. The summed E-state index contributed by atoms with van der Waals surface area (Å²) in [4.78, 5) is 11.5. The van der Waals surface area contributed by atoms with Crippen molar-refractivity contribution in [1.82, 2.24) is 15.1 Å². The van der Waals surface area contributed by atoms with Crippen molar-refractivity contribution in [3.05, 3.63) is 18.0 Å². The molecule has 3 N–H and O–H groups in total. The molecule has 0 radical (unpaired) electrons. The molecule has 0 aliphatic rings. The molecule has 0 saturated heterocycles. The Balaban J connectivity index is 2.28. The first-order valence-electron chi connectivity index (χ1n) is 5.52. The van der Waals surface area contributed by atoms with E-state index in [-0.39, 0.29) is 11.8 Å². The SMILES string of the molecule is CC(C)[C@H](N)C(=O)NCCc1ccn(C)n1. The lowest BCUT2D eigenvalue weighted by molar-refractivity contribution is -0.123. The Morgan fingerprint density at radius 1 is 1.62 bits per heavy atom. The molecule has 0 spiro atoms. The van der Waals surface area contributed by atoms with Crippen molar-refractivity contribution in [2.75, 3.05) is 6.54 Å². The lowest BCUT2D eigenvalue weighted by Gasteiger charge is -2.14. The number of hydrogen-bond acceptors (Lipinski definition) is 3. The van der Waals surface area contributed by atoms with Crippen LogP contribution in [0.15, 0.2) is 12.3 Å². The minimum Gasteiger partial charge on any atom is -0.354 e. The predicted molar refractivity (Wildman–Crippen MR) is 62.7 cm³/mol. The number of aryl methyl sites for hydroxylation is 1. The molecule has 1 aromatic heterocycles. The molecule has 90 valence electrons. The molecule has 0 unspecified atom stereocenters. The summed E-state index contributed by atoms with van der Waals surface area (Å²) in [6, 6.07) is 1.51. The summed E-state index contributed by atoms with van der Waals surface area (Å²) in [5.74, 6) is 0.0702. The Hall–Kier alpha value is -1.36. The maximum atomic E-state index is 11.5. The minimum atomic E-state index is -0.427. The van der Waals surface area contributed by atoms with Gasteiger partial charge in [-0.15, -0.1) is 0 Å². The van der Waals surface area contributed by atoms with Crippen molar-refractivity contribution in [1.29, 1.82) is 0 Å². The van der Waals surface area contributed by atoms with Crippen molar-refractivity contribution < 1.29 is 4.79 Å². The monoisotopic (exact) mass is 224 g/mol. The van der Waals surface area contributed by atoms with Crippen molar-refractivity contribution in [2.45, 2.75) is 26.3 Å². The summed E-state index contributed by atoms with van der Waals surface area (Å²) >= 11 is 0. The molecule has 0 aliphatic heterocycles. The van der Waals surface area contributed by atoms with Crippen LogP contribution in [0.5, 0.6) is 0 Å². The van der Waals surface area contributed by atoms with Gasteiger partial charge < -0.3 is 11.1 Å². The van der Waals surface area contributed by atoms with Gasteiger partial charge in [-0.05, 0) is 12.0 Å². The first-order chi connectivity index (χ1) is 7.50. The lowest BCUT2D eigenvalue weighted by atomic mass is 10.1. The Morgan fingerprint density at radius 2 is 2.31 bits per heavy atom. The van der Waals surface area contributed by atoms with Gasteiger partial charge in [-0.1, -0.05) is 13.8 Å². The number of nitrogens with two attached hydrogens (primary N) is 1. The highest BCUT2D eigenvalue weighted by atomic mass is 16.2. The van der Waals surface area contributed by atoms with Crippen LogP contribution in [0.4, 0.5) is 0 Å². The van der Waals surface area contributed by atoms with Crippen molar-refractivity contribution in [3.63, 3.8) is 0 Å². The van der Waals surface area contributed by atoms with Crippen LogP contribution in [0.3, 0.4) is 0 Å². The van der Waals surface area contributed by atoms with E-state index in [2.05, 4.69) is 10.4 Å². The van der Waals surface area contributed by atoms with E-state index in [1.807, 2.05) is 33.2 Å². The molecule has 0 saturated carbocycles. The van der Waals surface area contributed by atoms with Crippen LogP contribution in [0.1, 0.15) is 19.5 Å². The van der Waals surface area contributed by atoms with E-state index in [0.717, 1.165) is 12.1 Å². The maximum absolute atomic E-state index is 11.5. The molecule has 0 aliphatic carbocycles. The number of carbonyl (C=O) groups excluding carboxylic acids is 1. The predicted octanol–water partition coefficient (Wildman–Crippen LogP) is 0.0621. The summed E-state index contributed by atoms with van der Waals surface area (Å²) in [7, 11) is 1.87. The highest BCUT2D eigenvalue weighted by Gasteiger charge is 2.16. The smallest absolute Gasteiger partial charge is 0.237 e. The second-order valence-electron chi connectivity index (χ2n) is 4.29. The molecule has 5 nitrogen and oxygen atoms in total. The van der Waals surface area contributed by atoms with Crippen LogP contribution < -0.4 is 11.1 Å². The standard InChI is InChI=1S/C11H20N4O/c1-8(2)10(12)11(16)13-6-4-9-5-7-15(3)14-9/h5,7-8,10H,4,6,12H2,1-3H3,(H,13,16)/t10-/m0/s1. The van der Waals surface area contributed by atoms with Gasteiger partial charge >= 0.3 is 0 Å². The largest absolute Gasteiger partial charge is 0.354 e. The number of nitrogens with zero attached hydrogens (tertiary/aromatic N) is 2. The third kappa shape index (κ3) is 3.66. The third-order valence-corrected chi connectivity index (χ3v) is 2.47. The summed E-state index contributed by atoms with van der Waals surface area (Å²) in [6.07, 6.45) is 2.62. The molecule has 0 bridgehead atoms. The quantitative estimate of drug-likeness (QED) is 0.743. The summed E-state index contributed by atoms with van der Waals surface area (Å²) in [5.41, 5.74) is 6.68. The van der Waals surface area contributed by atoms with Gasteiger partial charge in [-0.2, -0.15) is 5.10 Å². The van der Waals surface area contributed by atoms with Crippen LogP contribution in [0, 0.1) is 5.92 Å². The second kappa shape index (κ2) is 5.65. The molecule has 1 atom stereocenters. The topological polar surface area (TPSA) is 72.9 Å². The number of nitrogens with one attached hydrogen (secondary N) is 1. The van der Waals surface area contributed by atoms with Gasteiger partial charge in [0.15, 0.2) is 0 Å². The fourth-order valence-corrected chi connectivity index (χ4v) is 1.33. The number of aromatic nitrogens is 2. The highest BCUT2D eigenvalue weighted by Crippen LogP contribution is 1.98. The zero-order chi connectivity index (χ0) is 12.1. The van der Waals surface area contributed by atoms with Crippen molar-refractivity contribution in [3.8, 4) is 0 Å². The Labute approximate surface area is 96.0 Å². The Morgan fingerprint density at radius 3 is 2.81 bits per heavy atom. The summed E-state index contributed by atoms with van der Waals surface area (Å²) < 4.78 is 1.75. The van der Waals surface area contributed by atoms with Gasteiger partial charge in [0.1, 0.15) is 0 Å². The van der Waals surface area contributed by atoms with E-state index < -0.39 is 6.04 Å². The molecule has 1 amide bonds. The number of hydrogen-bond donors (Lipinski definition) is 2. The molecule has 1 heterocycles. The molecular formula is C11H20N4O. The molecule has 16 heavy (non-hydrogen) atoms. The van der Waals surface area contributed by atoms with Gasteiger partial charge in [0.25, 0.3) is 0 Å². The number of rotatable bonds is 5. The fraction of sp³-hybridized carbons (Fsp3) is 0.636. The molecule has 0 fully saturated rings. The van der Waals surface area contributed by atoms with E-state index in [1.54, 1.807) is 4.68 Å². The number of carbonyl (C=O) groups is 1. The van der Waals surface area contributed by atoms with E-state index in [1.165, 1.54) is 0 Å². The average molecular weight is 224 g/mol. The van der Waals surface area contributed by atoms with Crippen LogP contribution in [0.2, 0.25) is 0 Å². The minimum absolute atomic E-state index is 0.0917. The van der Waals surface area contributed by atoms with E-state index in [4.69, 9.17) is 5.73 Å². The van der Waals surface area contributed by atoms with Crippen LogP contribution in [-0.2, 0) is 18.3 Å². The second-order valence-corrected chi connectivity index (χ2v) is 4.29. The number of amides is 1. The molecular weight excluding hydrogens is 204 g/mol. The van der Waals surface area contributed by atoms with Gasteiger partial charge in [-0.25, -0.2) is 0 Å². The fourth-order valence-electron chi connectivity index (χ4n) is 1.33. The van der Waals surface area contributed by atoms with E-state index in [0.29, 0.717) is 6.54 Å². The van der Waals surface area contributed by atoms with Gasteiger partial charge in [0.05, 0.1) is 11.7 Å². The molecule has 5 heteroatoms. The normalized spacial score (nSPS) is 12.8. The highest BCUT2D eigenvalue weighted by molar-refractivity contribution is 5.81. The van der Waals surface area contributed by atoms with Crippen LogP contribution in [-0.4, -0.2) is 28.3 Å². The zero-order valence-electron chi connectivity index (χ0n) is 10.1. The molecule has 1 rings (SSSR count). The maximum Gasteiger partial charge on any atom is 0.237 e. The third-order valence-electron chi connectivity index (χ3n) is 2.47. The summed E-state index contributed by atoms with van der Waals surface area (Å²) in [5, 5.41) is 7.03. The molecule has 1 aromatic rings. The van der Waals surface area contributed by atoms with Gasteiger partial charge in [0, 0.05) is 26.2 Å². The van der Waals surface area contributed by atoms with Crippen molar-refractivity contribution in [2.24, 2.45) is 18.7 Å². The average Bonchev–Trinajstić information content (AvgIpc) is 2.62. The van der Waals surface area contributed by atoms with Crippen molar-refractivity contribution >= 4 is 5.91 Å².